The van der Waals surface area contributed by atoms with E-state index in [1.807, 2.05) is 36.4 Å². The molecule has 0 aliphatic carbocycles. The van der Waals surface area contributed by atoms with Crippen molar-refractivity contribution < 1.29 is 9.47 Å². The molecule has 0 fully saturated rings. The summed E-state index contributed by atoms with van der Waals surface area (Å²) in [5.74, 6) is 1.57. The van der Waals surface area contributed by atoms with E-state index in [1.54, 1.807) is 19.5 Å². The summed E-state index contributed by atoms with van der Waals surface area (Å²) < 4.78 is 10.9. The van der Waals surface area contributed by atoms with Gasteiger partial charge in [-0.3, -0.25) is 4.98 Å². The van der Waals surface area contributed by atoms with E-state index in [2.05, 4.69) is 4.98 Å². The van der Waals surface area contributed by atoms with Crippen LogP contribution >= 0.6 is 0 Å². The van der Waals surface area contributed by atoms with Crippen LogP contribution in [0.4, 0.5) is 0 Å². The quantitative estimate of drug-likeness (QED) is 0.875. The fourth-order valence-corrected chi connectivity index (χ4v) is 1.65. The Balaban J connectivity index is 2.10. The fraction of sp³-hybridized carbons (Fsp3) is 0.214. The van der Waals surface area contributed by atoms with Crippen molar-refractivity contribution in [2.24, 2.45) is 5.73 Å². The zero-order chi connectivity index (χ0) is 12.8. The zero-order valence-electron chi connectivity index (χ0n) is 10.2. The first-order valence-corrected chi connectivity index (χ1v) is 5.74. The third-order valence-corrected chi connectivity index (χ3v) is 2.63. The van der Waals surface area contributed by atoms with Crippen LogP contribution in [0.5, 0.6) is 11.5 Å². The lowest BCUT2D eigenvalue weighted by Crippen LogP contribution is -2.18. The molecule has 0 aliphatic heterocycles. The maximum atomic E-state index is 5.84. The van der Waals surface area contributed by atoms with Gasteiger partial charge < -0.3 is 15.2 Å². The summed E-state index contributed by atoms with van der Waals surface area (Å²) in [7, 11) is 1.63. The molecule has 0 amide bonds. The largest absolute Gasteiger partial charge is 0.497 e. The van der Waals surface area contributed by atoms with Crippen LogP contribution in [0.3, 0.4) is 0 Å². The van der Waals surface area contributed by atoms with E-state index in [-0.39, 0.29) is 6.10 Å². The highest BCUT2D eigenvalue weighted by atomic mass is 16.5. The van der Waals surface area contributed by atoms with E-state index in [0.717, 1.165) is 17.1 Å². The number of aromatic nitrogens is 1. The van der Waals surface area contributed by atoms with Gasteiger partial charge in [-0.2, -0.15) is 0 Å². The zero-order valence-corrected chi connectivity index (χ0v) is 10.2. The summed E-state index contributed by atoms with van der Waals surface area (Å²) in [6.45, 7) is 0.413. The molecular weight excluding hydrogens is 228 g/mol. The first kappa shape index (κ1) is 12.4. The second kappa shape index (κ2) is 6.02. The van der Waals surface area contributed by atoms with Gasteiger partial charge in [0.25, 0.3) is 0 Å². The highest BCUT2D eigenvalue weighted by Crippen LogP contribution is 2.23. The molecule has 4 heteroatoms. The molecule has 1 heterocycles. The van der Waals surface area contributed by atoms with E-state index in [9.17, 15) is 0 Å². The second-order valence-corrected chi connectivity index (χ2v) is 3.80. The summed E-state index contributed by atoms with van der Waals surface area (Å²) in [6, 6.07) is 11.2. The van der Waals surface area contributed by atoms with E-state index < -0.39 is 0 Å². The molecule has 0 bridgehead atoms. The van der Waals surface area contributed by atoms with Crippen LogP contribution in [-0.2, 0) is 0 Å². The Bertz CT molecular complexity index is 471. The number of pyridine rings is 1. The molecule has 0 saturated heterocycles. The van der Waals surface area contributed by atoms with Crippen molar-refractivity contribution in [2.75, 3.05) is 13.7 Å². The first-order chi connectivity index (χ1) is 8.83. The van der Waals surface area contributed by atoms with Crippen molar-refractivity contribution in [2.45, 2.75) is 6.10 Å². The van der Waals surface area contributed by atoms with Gasteiger partial charge in [0, 0.05) is 18.9 Å². The molecule has 1 unspecified atom stereocenters. The van der Waals surface area contributed by atoms with Crippen molar-refractivity contribution in [3.05, 3.63) is 54.4 Å². The molecule has 0 saturated carbocycles. The van der Waals surface area contributed by atoms with Gasteiger partial charge in [-0.1, -0.05) is 0 Å². The number of hydrogen-bond acceptors (Lipinski definition) is 4. The van der Waals surface area contributed by atoms with Crippen LogP contribution in [0.2, 0.25) is 0 Å². The van der Waals surface area contributed by atoms with Crippen molar-refractivity contribution in [1.29, 1.82) is 0 Å². The van der Waals surface area contributed by atoms with E-state index in [4.69, 9.17) is 15.2 Å². The molecule has 2 N–H and O–H groups in total. The number of ether oxygens (including phenoxy) is 2. The molecule has 1 atom stereocenters. The van der Waals surface area contributed by atoms with Crippen LogP contribution in [0, 0.1) is 0 Å². The lowest BCUT2D eigenvalue weighted by molar-refractivity contribution is 0.214. The summed E-state index contributed by atoms with van der Waals surface area (Å²) in [5.41, 5.74) is 6.76. The summed E-state index contributed by atoms with van der Waals surface area (Å²) in [4.78, 5) is 3.98. The minimum atomic E-state index is -0.165. The Morgan fingerprint density at radius 1 is 1.06 bits per heavy atom. The Morgan fingerprint density at radius 3 is 2.22 bits per heavy atom. The topological polar surface area (TPSA) is 57.4 Å². The summed E-state index contributed by atoms with van der Waals surface area (Å²) in [6.07, 6.45) is 3.30. The van der Waals surface area contributed by atoms with Gasteiger partial charge in [-0.25, -0.2) is 0 Å². The number of rotatable bonds is 5. The monoisotopic (exact) mass is 244 g/mol. The van der Waals surface area contributed by atoms with Gasteiger partial charge in [0.05, 0.1) is 7.11 Å². The van der Waals surface area contributed by atoms with Crippen LogP contribution in [0.25, 0.3) is 0 Å². The molecule has 2 rings (SSSR count). The number of nitrogens with two attached hydrogens (primary N) is 1. The fourth-order valence-electron chi connectivity index (χ4n) is 1.65. The second-order valence-electron chi connectivity index (χ2n) is 3.80. The van der Waals surface area contributed by atoms with Gasteiger partial charge in [-0.05, 0) is 42.0 Å². The Labute approximate surface area is 106 Å². The predicted octanol–water partition coefficient (Wildman–Crippen LogP) is 2.17. The van der Waals surface area contributed by atoms with Gasteiger partial charge in [-0.15, -0.1) is 0 Å². The number of hydrogen-bond donors (Lipinski definition) is 1. The highest BCUT2D eigenvalue weighted by molar-refractivity contribution is 5.32. The van der Waals surface area contributed by atoms with Crippen LogP contribution < -0.4 is 15.2 Å². The van der Waals surface area contributed by atoms with E-state index >= 15 is 0 Å². The molecule has 0 radical (unpaired) electrons. The first-order valence-electron chi connectivity index (χ1n) is 5.74. The Kier molecular flexibility index (Phi) is 4.15. The number of nitrogens with zero attached hydrogens (tertiary/aromatic N) is 1. The van der Waals surface area contributed by atoms with Gasteiger partial charge >= 0.3 is 0 Å². The third-order valence-electron chi connectivity index (χ3n) is 2.63. The molecule has 0 spiro atoms. The van der Waals surface area contributed by atoms with Crippen LogP contribution in [-0.4, -0.2) is 18.6 Å². The SMILES string of the molecule is COc1ccc(OC(CN)c2ccncc2)cc1. The number of benzene rings is 1. The smallest absolute Gasteiger partial charge is 0.136 e. The summed E-state index contributed by atoms with van der Waals surface area (Å²) >= 11 is 0. The molecule has 18 heavy (non-hydrogen) atoms. The maximum Gasteiger partial charge on any atom is 0.136 e. The van der Waals surface area contributed by atoms with E-state index in [1.165, 1.54) is 0 Å². The maximum absolute atomic E-state index is 5.84. The lowest BCUT2D eigenvalue weighted by atomic mass is 10.1. The summed E-state index contributed by atoms with van der Waals surface area (Å²) in [5, 5.41) is 0. The molecule has 2 aromatic rings. The minimum Gasteiger partial charge on any atom is -0.497 e. The molecule has 4 nitrogen and oxygen atoms in total. The molecule has 94 valence electrons. The Hall–Kier alpha value is -2.07. The standard InChI is InChI=1S/C14H16N2O2/c1-17-12-2-4-13(5-3-12)18-14(10-15)11-6-8-16-9-7-11/h2-9,14H,10,15H2,1H3. The molecule has 1 aromatic carbocycles. The normalized spacial score (nSPS) is 11.9. The van der Waals surface area contributed by atoms with Gasteiger partial charge in [0.15, 0.2) is 0 Å². The van der Waals surface area contributed by atoms with Gasteiger partial charge in [0.1, 0.15) is 17.6 Å². The minimum absolute atomic E-state index is 0.165. The Morgan fingerprint density at radius 2 is 1.67 bits per heavy atom. The van der Waals surface area contributed by atoms with Crippen molar-refractivity contribution in [3.8, 4) is 11.5 Å². The lowest BCUT2D eigenvalue weighted by Gasteiger charge is -2.17. The average molecular weight is 244 g/mol. The highest BCUT2D eigenvalue weighted by Gasteiger charge is 2.11. The molecule has 1 aromatic heterocycles. The van der Waals surface area contributed by atoms with Crippen molar-refractivity contribution in [3.63, 3.8) is 0 Å². The third kappa shape index (κ3) is 2.99. The van der Waals surface area contributed by atoms with Gasteiger partial charge in [0.2, 0.25) is 0 Å². The van der Waals surface area contributed by atoms with Crippen molar-refractivity contribution in [1.82, 2.24) is 4.98 Å². The van der Waals surface area contributed by atoms with Crippen LogP contribution in [0.15, 0.2) is 48.8 Å². The van der Waals surface area contributed by atoms with Crippen LogP contribution in [0.1, 0.15) is 11.7 Å². The molecule has 0 aliphatic rings. The van der Waals surface area contributed by atoms with Crippen molar-refractivity contribution >= 4 is 0 Å². The predicted molar refractivity (Wildman–Crippen MR) is 69.7 cm³/mol. The number of methoxy groups -OCH3 is 1. The average Bonchev–Trinajstić information content (AvgIpc) is 2.46. The molecular formula is C14H16N2O2. The van der Waals surface area contributed by atoms with E-state index in [0.29, 0.717) is 6.54 Å².